The van der Waals surface area contributed by atoms with Gasteiger partial charge in [-0.3, -0.25) is 14.9 Å². The minimum absolute atomic E-state index is 0.165. The lowest BCUT2D eigenvalue weighted by atomic mass is 9.89. The van der Waals surface area contributed by atoms with Gasteiger partial charge in [-0.05, 0) is 48.0 Å². The van der Waals surface area contributed by atoms with Crippen molar-refractivity contribution in [1.82, 2.24) is 5.32 Å². The summed E-state index contributed by atoms with van der Waals surface area (Å²) in [6, 6.07) is 3.07. The van der Waals surface area contributed by atoms with Crippen LogP contribution in [0.5, 0.6) is 0 Å². The Morgan fingerprint density at radius 3 is 2.48 bits per heavy atom. The number of carbonyl (C=O) groups excluding carboxylic acids is 2. The summed E-state index contributed by atoms with van der Waals surface area (Å²) in [5.74, 6) is -2.45. The maximum absolute atomic E-state index is 13.3. The summed E-state index contributed by atoms with van der Waals surface area (Å²) in [4.78, 5) is 34.0. The Balaban J connectivity index is 2.59. The highest BCUT2D eigenvalue weighted by atomic mass is 79.9. The molecule has 0 unspecified atom stereocenters. The van der Waals surface area contributed by atoms with Gasteiger partial charge in [-0.2, -0.15) is 0 Å². The van der Waals surface area contributed by atoms with E-state index in [1.54, 1.807) is 0 Å². The quantitative estimate of drug-likeness (QED) is 0.769. The fourth-order valence-corrected chi connectivity index (χ4v) is 1.63. The largest absolute Gasteiger partial charge is 0.481 e. The minimum atomic E-state index is -1.28. The molecule has 21 heavy (non-hydrogen) atoms. The van der Waals surface area contributed by atoms with Gasteiger partial charge in [-0.1, -0.05) is 0 Å². The third-order valence-electron chi connectivity index (χ3n) is 2.61. The first-order chi connectivity index (χ1) is 9.61. The smallest absolute Gasteiger partial charge is 0.325 e. The molecule has 0 aliphatic heterocycles. The highest BCUT2D eigenvalue weighted by molar-refractivity contribution is 9.10. The molecule has 0 saturated heterocycles. The van der Waals surface area contributed by atoms with Crippen LogP contribution in [-0.2, 0) is 9.59 Å². The van der Waals surface area contributed by atoms with E-state index in [4.69, 9.17) is 5.11 Å². The Bertz CT molecular complexity index is 590. The van der Waals surface area contributed by atoms with Gasteiger partial charge in [0.1, 0.15) is 5.82 Å². The van der Waals surface area contributed by atoms with Gasteiger partial charge in [-0.15, -0.1) is 0 Å². The van der Waals surface area contributed by atoms with Gasteiger partial charge < -0.3 is 10.4 Å². The molecular weight excluding hydrogens is 347 g/mol. The molecule has 3 amide bonds. The van der Waals surface area contributed by atoms with E-state index in [-0.39, 0.29) is 16.6 Å². The highest BCUT2D eigenvalue weighted by Crippen LogP contribution is 2.21. The lowest BCUT2D eigenvalue weighted by Gasteiger charge is -2.17. The van der Waals surface area contributed by atoms with E-state index >= 15 is 0 Å². The molecule has 0 saturated carbocycles. The standard InChI is InChI=1S/C13H14BrFN2O4/c1-13(2,11(19)20)6-10(18)17-12(21)16-7-3-4-8(14)9(15)5-7/h3-5H,6H2,1-2H3,(H,19,20)(H2,16,17,18,21). The predicted octanol–water partition coefficient (Wildman–Crippen LogP) is 2.74. The van der Waals surface area contributed by atoms with Crippen LogP contribution in [0.4, 0.5) is 14.9 Å². The number of carboxylic acid groups (broad SMARTS) is 1. The lowest BCUT2D eigenvalue weighted by Crippen LogP contribution is -2.38. The number of rotatable bonds is 4. The topological polar surface area (TPSA) is 95.5 Å². The number of amides is 3. The van der Waals surface area contributed by atoms with E-state index < -0.39 is 29.1 Å². The molecule has 0 fully saturated rings. The van der Waals surface area contributed by atoms with E-state index in [1.807, 2.05) is 5.32 Å². The molecule has 0 heterocycles. The molecule has 0 spiro atoms. The maximum atomic E-state index is 13.3. The van der Waals surface area contributed by atoms with Gasteiger partial charge in [0.2, 0.25) is 5.91 Å². The van der Waals surface area contributed by atoms with Crippen LogP contribution < -0.4 is 10.6 Å². The Hall–Kier alpha value is -1.96. The van der Waals surface area contributed by atoms with Crippen molar-refractivity contribution >= 4 is 39.5 Å². The Morgan fingerprint density at radius 1 is 1.33 bits per heavy atom. The van der Waals surface area contributed by atoms with E-state index in [0.717, 1.165) is 6.07 Å². The molecule has 114 valence electrons. The summed E-state index contributed by atoms with van der Waals surface area (Å²) in [6.45, 7) is 2.74. The van der Waals surface area contributed by atoms with Crippen LogP contribution >= 0.6 is 15.9 Å². The first-order valence-corrected chi connectivity index (χ1v) is 6.70. The number of hydrogen-bond acceptors (Lipinski definition) is 3. The second-order valence-electron chi connectivity index (χ2n) is 5.00. The van der Waals surface area contributed by atoms with Crippen molar-refractivity contribution in [1.29, 1.82) is 0 Å². The average Bonchev–Trinajstić information content (AvgIpc) is 2.32. The molecule has 0 aromatic heterocycles. The van der Waals surface area contributed by atoms with Gasteiger partial charge in [-0.25, -0.2) is 9.18 Å². The number of aliphatic carboxylic acids is 1. The van der Waals surface area contributed by atoms with Gasteiger partial charge in [0.25, 0.3) is 0 Å². The highest BCUT2D eigenvalue weighted by Gasteiger charge is 2.30. The summed E-state index contributed by atoms with van der Waals surface area (Å²) < 4.78 is 13.5. The van der Waals surface area contributed by atoms with Crippen molar-refractivity contribution in [2.75, 3.05) is 5.32 Å². The van der Waals surface area contributed by atoms with Crippen LogP contribution in [0.2, 0.25) is 0 Å². The first kappa shape index (κ1) is 17.1. The van der Waals surface area contributed by atoms with Crippen LogP contribution in [0.1, 0.15) is 20.3 Å². The van der Waals surface area contributed by atoms with Gasteiger partial charge >= 0.3 is 12.0 Å². The summed E-state index contributed by atoms with van der Waals surface area (Å²) in [7, 11) is 0. The van der Waals surface area contributed by atoms with E-state index in [2.05, 4.69) is 21.2 Å². The fraction of sp³-hybridized carbons (Fsp3) is 0.308. The zero-order chi connectivity index (χ0) is 16.2. The minimum Gasteiger partial charge on any atom is -0.481 e. The van der Waals surface area contributed by atoms with Crippen LogP contribution in [0.3, 0.4) is 0 Å². The van der Waals surface area contributed by atoms with Crippen LogP contribution in [0, 0.1) is 11.2 Å². The Morgan fingerprint density at radius 2 is 1.95 bits per heavy atom. The van der Waals surface area contributed by atoms with Gasteiger partial charge in [0.05, 0.1) is 9.89 Å². The SMILES string of the molecule is CC(C)(CC(=O)NC(=O)Nc1ccc(Br)c(F)c1)C(=O)O. The second-order valence-corrected chi connectivity index (χ2v) is 5.85. The molecule has 1 aromatic rings. The normalized spacial score (nSPS) is 10.9. The molecule has 0 bridgehead atoms. The molecule has 1 rings (SSSR count). The zero-order valence-corrected chi connectivity index (χ0v) is 13.0. The Kier molecular flexibility index (Phi) is 5.42. The molecule has 0 aliphatic rings. The van der Waals surface area contributed by atoms with Crippen molar-refractivity contribution in [2.45, 2.75) is 20.3 Å². The first-order valence-electron chi connectivity index (χ1n) is 5.91. The third kappa shape index (κ3) is 5.14. The second kappa shape index (κ2) is 6.66. The molecule has 1 aromatic carbocycles. The zero-order valence-electron chi connectivity index (χ0n) is 11.4. The van der Waals surface area contributed by atoms with Gasteiger partial charge in [0, 0.05) is 12.1 Å². The molecule has 3 N–H and O–H groups in total. The van der Waals surface area contributed by atoms with Crippen molar-refractivity contribution < 1.29 is 23.9 Å². The average molecular weight is 361 g/mol. The van der Waals surface area contributed by atoms with E-state index in [9.17, 15) is 18.8 Å². The molecule has 6 nitrogen and oxygen atoms in total. The number of benzene rings is 1. The molecule has 8 heteroatoms. The van der Waals surface area contributed by atoms with E-state index in [0.29, 0.717) is 0 Å². The molecule has 0 atom stereocenters. The third-order valence-corrected chi connectivity index (χ3v) is 3.25. The van der Waals surface area contributed by atoms with Crippen LogP contribution in [-0.4, -0.2) is 23.0 Å². The fourth-order valence-electron chi connectivity index (χ4n) is 1.38. The van der Waals surface area contributed by atoms with Crippen LogP contribution in [0.25, 0.3) is 0 Å². The molecular formula is C13H14BrFN2O4. The number of halogens is 2. The number of carbonyl (C=O) groups is 3. The summed E-state index contributed by atoms with van der Waals surface area (Å²) >= 11 is 2.97. The number of imide groups is 1. The van der Waals surface area contributed by atoms with Crippen molar-refractivity contribution in [3.63, 3.8) is 0 Å². The lowest BCUT2D eigenvalue weighted by molar-refractivity contribution is -0.149. The van der Waals surface area contributed by atoms with Gasteiger partial charge in [0.15, 0.2) is 0 Å². The number of hydrogen-bond donors (Lipinski definition) is 3. The maximum Gasteiger partial charge on any atom is 0.325 e. The number of carboxylic acids is 1. The summed E-state index contributed by atoms with van der Waals surface area (Å²) in [6.07, 6.45) is -0.357. The predicted molar refractivity (Wildman–Crippen MR) is 77.3 cm³/mol. The van der Waals surface area contributed by atoms with Crippen molar-refractivity contribution in [2.24, 2.45) is 5.41 Å². The molecule has 0 radical (unpaired) electrons. The number of nitrogens with one attached hydrogen (secondary N) is 2. The summed E-state index contributed by atoms with van der Waals surface area (Å²) in [5.41, 5.74) is -1.12. The van der Waals surface area contributed by atoms with Crippen LogP contribution in [0.15, 0.2) is 22.7 Å². The van der Waals surface area contributed by atoms with E-state index in [1.165, 1.54) is 26.0 Å². The number of anilines is 1. The van der Waals surface area contributed by atoms with Crippen molar-refractivity contribution in [3.05, 3.63) is 28.5 Å². The molecule has 0 aliphatic carbocycles. The van der Waals surface area contributed by atoms with Crippen molar-refractivity contribution in [3.8, 4) is 0 Å². The monoisotopic (exact) mass is 360 g/mol. The number of urea groups is 1. The summed E-state index contributed by atoms with van der Waals surface area (Å²) in [5, 5.41) is 13.2. The Labute approximate surface area is 128 Å².